The summed E-state index contributed by atoms with van der Waals surface area (Å²) in [6.45, 7) is 3.88. The number of carbonyl (C=O) groups is 3. The third-order valence-electron chi connectivity index (χ3n) is 2.72. The molecule has 0 unspecified atom stereocenters. The molecule has 0 saturated heterocycles. The van der Waals surface area contributed by atoms with Crippen molar-refractivity contribution in [1.29, 1.82) is 0 Å². The fourth-order valence-corrected chi connectivity index (χ4v) is 2.27. The third-order valence-corrected chi connectivity index (χ3v) is 3.65. The SMILES string of the molecule is CCNC(=O)[C@@H](C)NC(=O)CSCC(=O)Nc1ccc(F)cc1. The highest BCUT2D eigenvalue weighted by Crippen LogP contribution is 2.09. The van der Waals surface area contributed by atoms with Gasteiger partial charge in [-0.3, -0.25) is 14.4 Å². The van der Waals surface area contributed by atoms with Gasteiger partial charge in [0.1, 0.15) is 11.9 Å². The topological polar surface area (TPSA) is 87.3 Å². The second kappa shape index (κ2) is 9.83. The lowest BCUT2D eigenvalue weighted by Crippen LogP contribution is -2.45. The maximum atomic E-state index is 12.7. The van der Waals surface area contributed by atoms with Crippen LogP contribution in [0.15, 0.2) is 24.3 Å². The Balaban J connectivity index is 2.25. The lowest BCUT2D eigenvalue weighted by molar-refractivity contribution is -0.127. The molecule has 1 aromatic carbocycles. The fraction of sp³-hybridized carbons (Fsp3) is 0.400. The van der Waals surface area contributed by atoms with Crippen molar-refractivity contribution < 1.29 is 18.8 Å². The number of hydrogen-bond donors (Lipinski definition) is 3. The Morgan fingerprint density at radius 2 is 1.74 bits per heavy atom. The first-order valence-electron chi connectivity index (χ1n) is 7.12. The molecule has 1 atom stereocenters. The molecule has 0 saturated carbocycles. The summed E-state index contributed by atoms with van der Waals surface area (Å²) in [5, 5.41) is 7.75. The van der Waals surface area contributed by atoms with Crippen LogP contribution >= 0.6 is 11.8 Å². The smallest absolute Gasteiger partial charge is 0.242 e. The summed E-state index contributed by atoms with van der Waals surface area (Å²) in [4.78, 5) is 34.8. The molecule has 8 heteroatoms. The number of anilines is 1. The van der Waals surface area contributed by atoms with Crippen molar-refractivity contribution in [1.82, 2.24) is 10.6 Å². The standard InChI is InChI=1S/C15H20FN3O3S/c1-3-17-15(22)10(2)18-13(20)8-23-9-14(21)19-12-6-4-11(16)5-7-12/h4-7,10H,3,8-9H2,1-2H3,(H,17,22)(H,18,20)(H,19,21)/t10-/m1/s1. The van der Waals surface area contributed by atoms with Crippen LogP contribution in [0.3, 0.4) is 0 Å². The van der Waals surface area contributed by atoms with Crippen molar-refractivity contribution in [2.75, 3.05) is 23.4 Å². The van der Waals surface area contributed by atoms with E-state index in [1.807, 2.05) is 0 Å². The predicted molar refractivity (Wildman–Crippen MR) is 88.6 cm³/mol. The molecule has 3 amide bonds. The lowest BCUT2D eigenvalue weighted by atomic mass is 10.3. The Morgan fingerprint density at radius 1 is 1.13 bits per heavy atom. The van der Waals surface area contributed by atoms with Gasteiger partial charge < -0.3 is 16.0 Å². The van der Waals surface area contributed by atoms with Gasteiger partial charge in [-0.1, -0.05) is 0 Å². The molecule has 0 aromatic heterocycles. The van der Waals surface area contributed by atoms with Crippen molar-refractivity contribution in [3.8, 4) is 0 Å². The fourth-order valence-electron chi connectivity index (χ4n) is 1.64. The van der Waals surface area contributed by atoms with E-state index in [2.05, 4.69) is 16.0 Å². The van der Waals surface area contributed by atoms with E-state index in [1.165, 1.54) is 24.3 Å². The van der Waals surface area contributed by atoms with E-state index >= 15 is 0 Å². The number of benzene rings is 1. The van der Waals surface area contributed by atoms with Crippen LogP contribution in [-0.4, -0.2) is 41.8 Å². The number of hydrogen-bond acceptors (Lipinski definition) is 4. The van der Waals surface area contributed by atoms with E-state index in [4.69, 9.17) is 0 Å². The Morgan fingerprint density at radius 3 is 2.35 bits per heavy atom. The molecule has 6 nitrogen and oxygen atoms in total. The molecule has 0 aliphatic heterocycles. The number of rotatable bonds is 8. The van der Waals surface area contributed by atoms with E-state index in [1.54, 1.807) is 13.8 Å². The highest BCUT2D eigenvalue weighted by molar-refractivity contribution is 8.00. The Labute approximate surface area is 138 Å². The monoisotopic (exact) mass is 341 g/mol. The molecule has 3 N–H and O–H groups in total. The summed E-state index contributed by atoms with van der Waals surface area (Å²) in [7, 11) is 0. The van der Waals surface area contributed by atoms with Crippen LogP contribution < -0.4 is 16.0 Å². The van der Waals surface area contributed by atoms with Crippen LogP contribution in [0.25, 0.3) is 0 Å². The summed E-state index contributed by atoms with van der Waals surface area (Å²) < 4.78 is 12.7. The van der Waals surface area contributed by atoms with Gasteiger partial charge in [-0.15, -0.1) is 11.8 Å². The molecule has 0 heterocycles. The van der Waals surface area contributed by atoms with E-state index in [9.17, 15) is 18.8 Å². The zero-order valence-electron chi connectivity index (χ0n) is 13.0. The lowest BCUT2D eigenvalue weighted by Gasteiger charge is -2.13. The van der Waals surface area contributed by atoms with E-state index in [0.717, 1.165) is 11.8 Å². The molecule has 126 valence electrons. The minimum atomic E-state index is -0.615. The van der Waals surface area contributed by atoms with Crippen molar-refractivity contribution in [2.24, 2.45) is 0 Å². The predicted octanol–water partition coefficient (Wildman–Crippen LogP) is 1.14. The van der Waals surface area contributed by atoms with Crippen LogP contribution in [0.1, 0.15) is 13.8 Å². The zero-order chi connectivity index (χ0) is 17.2. The van der Waals surface area contributed by atoms with Gasteiger partial charge in [0.25, 0.3) is 0 Å². The van der Waals surface area contributed by atoms with Gasteiger partial charge in [0.15, 0.2) is 0 Å². The molecule has 0 aliphatic carbocycles. The van der Waals surface area contributed by atoms with Crippen LogP contribution in [0, 0.1) is 5.82 Å². The second-order valence-electron chi connectivity index (χ2n) is 4.73. The summed E-state index contributed by atoms with van der Waals surface area (Å²) >= 11 is 1.13. The molecule has 1 aromatic rings. The van der Waals surface area contributed by atoms with Crippen LogP contribution in [0.2, 0.25) is 0 Å². The highest BCUT2D eigenvalue weighted by Gasteiger charge is 2.14. The number of amides is 3. The van der Waals surface area contributed by atoms with Gasteiger partial charge in [0.05, 0.1) is 11.5 Å². The number of nitrogens with one attached hydrogen (secondary N) is 3. The number of halogens is 1. The van der Waals surface area contributed by atoms with Crippen molar-refractivity contribution in [3.63, 3.8) is 0 Å². The Hall–Kier alpha value is -2.09. The van der Waals surface area contributed by atoms with Crippen LogP contribution in [0.4, 0.5) is 10.1 Å². The maximum absolute atomic E-state index is 12.7. The van der Waals surface area contributed by atoms with E-state index in [0.29, 0.717) is 12.2 Å². The Bertz CT molecular complexity index is 551. The summed E-state index contributed by atoms with van der Waals surface area (Å²) in [5.41, 5.74) is 0.492. The average molecular weight is 341 g/mol. The van der Waals surface area contributed by atoms with Crippen LogP contribution in [-0.2, 0) is 14.4 Å². The molecule has 0 aliphatic rings. The summed E-state index contributed by atoms with van der Waals surface area (Å²) in [5.74, 6) is -1.08. The molecule has 0 radical (unpaired) electrons. The van der Waals surface area contributed by atoms with Gasteiger partial charge in [-0.25, -0.2) is 4.39 Å². The second-order valence-corrected chi connectivity index (χ2v) is 5.72. The summed E-state index contributed by atoms with van der Waals surface area (Å²) in [6, 6.07) is 4.80. The van der Waals surface area contributed by atoms with Crippen molar-refractivity contribution >= 4 is 35.2 Å². The van der Waals surface area contributed by atoms with Gasteiger partial charge in [-0.2, -0.15) is 0 Å². The maximum Gasteiger partial charge on any atom is 0.242 e. The molecular formula is C15H20FN3O3S. The molecule has 0 bridgehead atoms. The van der Waals surface area contributed by atoms with E-state index in [-0.39, 0.29) is 35.0 Å². The normalized spacial score (nSPS) is 11.4. The number of thioether (sulfide) groups is 1. The van der Waals surface area contributed by atoms with Crippen molar-refractivity contribution in [2.45, 2.75) is 19.9 Å². The van der Waals surface area contributed by atoms with Crippen molar-refractivity contribution in [3.05, 3.63) is 30.1 Å². The third kappa shape index (κ3) is 7.64. The molecule has 0 fully saturated rings. The first-order chi connectivity index (χ1) is 10.9. The van der Waals surface area contributed by atoms with Gasteiger partial charge >= 0.3 is 0 Å². The molecule has 23 heavy (non-hydrogen) atoms. The Kier molecular flexibility index (Phi) is 8.10. The van der Waals surface area contributed by atoms with Gasteiger partial charge in [-0.05, 0) is 38.1 Å². The average Bonchev–Trinajstić information content (AvgIpc) is 2.49. The largest absolute Gasteiger partial charge is 0.355 e. The first kappa shape index (κ1) is 19.0. The van der Waals surface area contributed by atoms with Gasteiger partial charge in [0.2, 0.25) is 17.7 Å². The minimum absolute atomic E-state index is 0.0700. The zero-order valence-corrected chi connectivity index (χ0v) is 13.8. The van der Waals surface area contributed by atoms with Crippen LogP contribution in [0.5, 0.6) is 0 Å². The first-order valence-corrected chi connectivity index (χ1v) is 8.28. The quantitative estimate of drug-likeness (QED) is 0.662. The summed E-state index contributed by atoms with van der Waals surface area (Å²) in [6.07, 6.45) is 0. The number of likely N-dealkylation sites (N-methyl/N-ethyl adjacent to an activating group) is 1. The molecule has 1 rings (SSSR count). The van der Waals surface area contributed by atoms with Gasteiger partial charge in [0, 0.05) is 12.2 Å². The van der Waals surface area contributed by atoms with E-state index < -0.39 is 6.04 Å². The molecular weight excluding hydrogens is 321 g/mol. The molecule has 0 spiro atoms. The number of carbonyl (C=O) groups excluding carboxylic acids is 3. The highest BCUT2D eigenvalue weighted by atomic mass is 32.2. The minimum Gasteiger partial charge on any atom is -0.355 e.